The Balaban J connectivity index is 1.93. The van der Waals surface area contributed by atoms with Crippen molar-refractivity contribution in [2.24, 2.45) is 0 Å². The van der Waals surface area contributed by atoms with Crippen LogP contribution in [0.5, 0.6) is 0 Å². The maximum Gasteiger partial charge on any atom is 0.322 e. The number of rotatable bonds is 4. The number of nitrogens with one attached hydrogen (secondary N) is 1. The molecular weight excluding hydrogens is 240 g/mol. The number of hydrogen-bond acceptors (Lipinski definition) is 2. The van der Waals surface area contributed by atoms with E-state index in [0.717, 1.165) is 37.9 Å². The Kier molecular flexibility index (Phi) is 4.80. The first-order valence-electron chi connectivity index (χ1n) is 6.96. The van der Waals surface area contributed by atoms with Gasteiger partial charge >= 0.3 is 6.03 Å². The van der Waals surface area contributed by atoms with Gasteiger partial charge in [0.25, 0.3) is 0 Å². The summed E-state index contributed by atoms with van der Waals surface area (Å²) in [5, 5.41) is 11.8. The lowest BCUT2D eigenvalue weighted by Gasteiger charge is -2.24. The average Bonchev–Trinajstić information content (AvgIpc) is 2.87. The lowest BCUT2D eigenvalue weighted by molar-refractivity contribution is 0.197. The third-order valence-corrected chi connectivity index (χ3v) is 3.64. The molecule has 1 aliphatic rings. The fraction of sp³-hybridized carbons (Fsp3) is 0.533. The van der Waals surface area contributed by atoms with E-state index in [4.69, 9.17) is 5.11 Å². The number of aliphatic hydroxyl groups excluding tert-OH is 1. The Morgan fingerprint density at radius 2 is 2.16 bits per heavy atom. The van der Waals surface area contributed by atoms with Crippen LogP contribution in [0.25, 0.3) is 0 Å². The fourth-order valence-electron chi connectivity index (χ4n) is 2.56. The third-order valence-electron chi connectivity index (χ3n) is 3.64. The minimum atomic E-state index is -0.0238. The van der Waals surface area contributed by atoms with Crippen molar-refractivity contribution in [1.29, 1.82) is 0 Å². The van der Waals surface area contributed by atoms with Gasteiger partial charge < -0.3 is 15.3 Å². The fourth-order valence-corrected chi connectivity index (χ4v) is 2.56. The molecule has 0 radical (unpaired) electrons. The summed E-state index contributed by atoms with van der Waals surface area (Å²) in [5.41, 5.74) is 2.02. The number of amides is 2. The molecule has 0 spiro atoms. The molecule has 1 aromatic carbocycles. The third kappa shape index (κ3) is 3.70. The number of hydrogen-bond donors (Lipinski definition) is 2. The van der Waals surface area contributed by atoms with E-state index in [1.165, 1.54) is 5.56 Å². The second-order valence-electron chi connectivity index (χ2n) is 5.15. The van der Waals surface area contributed by atoms with Gasteiger partial charge in [0.05, 0.1) is 0 Å². The summed E-state index contributed by atoms with van der Waals surface area (Å²) in [4.78, 5) is 14.1. The van der Waals surface area contributed by atoms with Crippen LogP contribution >= 0.6 is 0 Å². The Labute approximate surface area is 114 Å². The molecule has 1 atom stereocenters. The van der Waals surface area contributed by atoms with Gasteiger partial charge in [-0.05, 0) is 44.7 Å². The largest absolute Gasteiger partial charge is 0.396 e. The van der Waals surface area contributed by atoms with Crippen LogP contribution in [0, 0.1) is 6.92 Å². The molecule has 2 amide bonds. The van der Waals surface area contributed by atoms with Crippen LogP contribution in [-0.2, 0) is 0 Å². The number of nitrogens with zero attached hydrogens (tertiary/aromatic N) is 1. The first kappa shape index (κ1) is 13.9. The second-order valence-corrected chi connectivity index (χ2v) is 5.15. The number of likely N-dealkylation sites (tertiary alicyclic amines) is 1. The number of carbonyl (C=O) groups excluding carboxylic acids is 1. The normalized spacial score (nSPS) is 18.6. The lowest BCUT2D eigenvalue weighted by atomic mass is 10.1. The number of anilines is 1. The summed E-state index contributed by atoms with van der Waals surface area (Å²) in [6.07, 6.45) is 3.75. The second kappa shape index (κ2) is 6.57. The first-order valence-corrected chi connectivity index (χ1v) is 6.96. The van der Waals surface area contributed by atoms with Crippen LogP contribution in [-0.4, -0.2) is 35.2 Å². The van der Waals surface area contributed by atoms with Crippen molar-refractivity contribution in [2.75, 3.05) is 18.5 Å². The summed E-state index contributed by atoms with van der Waals surface area (Å²) in [7, 11) is 0. The molecule has 0 saturated carbocycles. The van der Waals surface area contributed by atoms with Crippen molar-refractivity contribution in [1.82, 2.24) is 4.90 Å². The topological polar surface area (TPSA) is 52.6 Å². The van der Waals surface area contributed by atoms with Gasteiger partial charge in [0, 0.05) is 24.9 Å². The molecule has 1 fully saturated rings. The molecule has 1 heterocycles. The molecular formula is C15H22N2O2. The van der Waals surface area contributed by atoms with Gasteiger partial charge in [-0.15, -0.1) is 0 Å². The van der Waals surface area contributed by atoms with E-state index in [2.05, 4.69) is 5.32 Å². The standard InChI is InChI=1S/C15H22N2O2/c1-12-6-8-13(9-7-12)16-15(19)17-10-2-4-14(17)5-3-11-18/h6-9,14,18H,2-5,10-11H2,1H3,(H,16,19). The highest BCUT2D eigenvalue weighted by Crippen LogP contribution is 2.22. The van der Waals surface area contributed by atoms with E-state index in [0.29, 0.717) is 0 Å². The minimum absolute atomic E-state index is 0.0238. The monoisotopic (exact) mass is 262 g/mol. The van der Waals surface area contributed by atoms with E-state index < -0.39 is 0 Å². The molecule has 2 N–H and O–H groups in total. The van der Waals surface area contributed by atoms with E-state index in [-0.39, 0.29) is 18.7 Å². The predicted molar refractivity (Wildman–Crippen MR) is 76.2 cm³/mol. The summed E-state index contributed by atoms with van der Waals surface area (Å²) in [6.45, 7) is 3.04. The molecule has 0 aliphatic carbocycles. The molecule has 19 heavy (non-hydrogen) atoms. The van der Waals surface area contributed by atoms with E-state index in [9.17, 15) is 4.79 Å². The Morgan fingerprint density at radius 1 is 1.42 bits per heavy atom. The van der Waals surface area contributed by atoms with Gasteiger partial charge in [0.2, 0.25) is 0 Å². The zero-order chi connectivity index (χ0) is 13.7. The van der Waals surface area contributed by atoms with Crippen molar-refractivity contribution < 1.29 is 9.90 Å². The van der Waals surface area contributed by atoms with Gasteiger partial charge in [-0.25, -0.2) is 4.79 Å². The van der Waals surface area contributed by atoms with Crippen LogP contribution < -0.4 is 5.32 Å². The van der Waals surface area contributed by atoms with Gasteiger partial charge in [-0.3, -0.25) is 0 Å². The number of urea groups is 1. The van der Waals surface area contributed by atoms with Crippen molar-refractivity contribution in [3.05, 3.63) is 29.8 Å². The highest BCUT2D eigenvalue weighted by atomic mass is 16.3. The highest BCUT2D eigenvalue weighted by molar-refractivity contribution is 5.89. The van der Waals surface area contributed by atoms with Crippen molar-refractivity contribution in [3.63, 3.8) is 0 Å². The van der Waals surface area contributed by atoms with Crippen LogP contribution in [0.3, 0.4) is 0 Å². The quantitative estimate of drug-likeness (QED) is 0.876. The van der Waals surface area contributed by atoms with E-state index >= 15 is 0 Å². The molecule has 104 valence electrons. The summed E-state index contributed by atoms with van der Waals surface area (Å²) >= 11 is 0. The number of aryl methyl sites for hydroxylation is 1. The molecule has 2 rings (SSSR count). The Morgan fingerprint density at radius 3 is 2.84 bits per heavy atom. The molecule has 1 saturated heterocycles. The van der Waals surface area contributed by atoms with Gasteiger partial charge in [-0.1, -0.05) is 17.7 Å². The van der Waals surface area contributed by atoms with Crippen LogP contribution in [0.15, 0.2) is 24.3 Å². The summed E-state index contributed by atoms with van der Waals surface area (Å²) < 4.78 is 0. The highest BCUT2D eigenvalue weighted by Gasteiger charge is 2.28. The number of carbonyl (C=O) groups is 1. The SMILES string of the molecule is Cc1ccc(NC(=O)N2CCCC2CCCO)cc1. The summed E-state index contributed by atoms with van der Waals surface area (Å²) in [5.74, 6) is 0. The predicted octanol–water partition coefficient (Wildman–Crippen LogP) is 2.76. The van der Waals surface area contributed by atoms with Crippen LogP contribution in [0.2, 0.25) is 0 Å². The maximum atomic E-state index is 12.2. The van der Waals surface area contributed by atoms with Crippen molar-refractivity contribution in [3.8, 4) is 0 Å². The number of aliphatic hydroxyl groups is 1. The molecule has 1 unspecified atom stereocenters. The average molecular weight is 262 g/mol. The number of benzene rings is 1. The van der Waals surface area contributed by atoms with E-state index in [1.54, 1.807) is 0 Å². The van der Waals surface area contributed by atoms with Gasteiger partial charge in [0.15, 0.2) is 0 Å². The van der Waals surface area contributed by atoms with Gasteiger partial charge in [-0.2, -0.15) is 0 Å². The zero-order valence-corrected chi connectivity index (χ0v) is 11.4. The molecule has 1 aromatic rings. The molecule has 0 aromatic heterocycles. The molecule has 0 bridgehead atoms. The van der Waals surface area contributed by atoms with Crippen molar-refractivity contribution >= 4 is 11.7 Å². The van der Waals surface area contributed by atoms with Crippen LogP contribution in [0.4, 0.5) is 10.5 Å². The zero-order valence-electron chi connectivity index (χ0n) is 11.4. The lowest BCUT2D eigenvalue weighted by Crippen LogP contribution is -2.38. The van der Waals surface area contributed by atoms with Gasteiger partial charge in [0.1, 0.15) is 0 Å². The Bertz CT molecular complexity index is 417. The molecule has 4 nitrogen and oxygen atoms in total. The van der Waals surface area contributed by atoms with Crippen molar-refractivity contribution in [2.45, 2.75) is 38.6 Å². The maximum absolute atomic E-state index is 12.2. The Hall–Kier alpha value is -1.55. The van der Waals surface area contributed by atoms with E-state index in [1.807, 2.05) is 36.1 Å². The first-order chi connectivity index (χ1) is 9.20. The van der Waals surface area contributed by atoms with Crippen LogP contribution in [0.1, 0.15) is 31.2 Å². The molecule has 1 aliphatic heterocycles. The molecule has 4 heteroatoms. The summed E-state index contributed by atoms with van der Waals surface area (Å²) in [6, 6.07) is 8.07. The smallest absolute Gasteiger partial charge is 0.322 e. The minimum Gasteiger partial charge on any atom is -0.396 e.